The molecule has 0 saturated heterocycles. The second-order valence-corrected chi connectivity index (χ2v) is 4.11. The summed E-state index contributed by atoms with van der Waals surface area (Å²) in [6.07, 6.45) is 3.17. The van der Waals surface area contributed by atoms with Gasteiger partial charge in [0, 0.05) is 6.20 Å². The topological polar surface area (TPSA) is 42.0 Å². The Bertz CT molecular complexity index is 523. The zero-order chi connectivity index (χ0) is 12.3. The number of nitrogens with zero attached hydrogens (tertiary/aromatic N) is 1. The number of rotatable bonds is 2. The number of carbonyl (C=O) groups is 1. The zero-order valence-corrected chi connectivity index (χ0v) is 10.2. The Balaban J connectivity index is 2.27. The summed E-state index contributed by atoms with van der Waals surface area (Å²) in [6, 6.07) is 8.38. The van der Waals surface area contributed by atoms with Crippen LogP contribution in [0.5, 0.6) is 0 Å². The lowest BCUT2D eigenvalue weighted by Gasteiger charge is -2.07. The number of benzene rings is 1. The van der Waals surface area contributed by atoms with Crippen molar-refractivity contribution < 1.29 is 4.79 Å². The molecule has 86 valence electrons. The molecule has 1 aromatic carbocycles. The minimum absolute atomic E-state index is 0.264. The first-order valence-electron chi connectivity index (χ1n) is 4.84. The van der Waals surface area contributed by atoms with Crippen molar-refractivity contribution >= 4 is 34.8 Å². The van der Waals surface area contributed by atoms with Gasteiger partial charge in [0.15, 0.2) is 0 Å². The quantitative estimate of drug-likeness (QED) is 0.902. The number of amides is 1. The van der Waals surface area contributed by atoms with Crippen molar-refractivity contribution in [2.75, 3.05) is 5.32 Å². The van der Waals surface area contributed by atoms with Crippen LogP contribution in [0, 0.1) is 0 Å². The monoisotopic (exact) mass is 266 g/mol. The van der Waals surface area contributed by atoms with Crippen LogP contribution in [0.2, 0.25) is 10.0 Å². The Morgan fingerprint density at radius 2 is 1.82 bits per heavy atom. The molecule has 1 heterocycles. The molecule has 5 heteroatoms. The molecule has 0 aliphatic carbocycles. The average molecular weight is 267 g/mol. The molecule has 17 heavy (non-hydrogen) atoms. The summed E-state index contributed by atoms with van der Waals surface area (Å²) < 4.78 is 0. The number of halogens is 2. The van der Waals surface area contributed by atoms with Gasteiger partial charge in [0.1, 0.15) is 0 Å². The molecule has 2 rings (SSSR count). The normalized spacial score (nSPS) is 10.0. The summed E-state index contributed by atoms with van der Waals surface area (Å²) in [7, 11) is 0. The Labute approximate surface area is 108 Å². The van der Waals surface area contributed by atoms with Crippen LogP contribution in [0.1, 0.15) is 10.4 Å². The van der Waals surface area contributed by atoms with E-state index in [2.05, 4.69) is 10.3 Å². The second-order valence-electron chi connectivity index (χ2n) is 3.29. The Morgan fingerprint density at radius 1 is 1.12 bits per heavy atom. The van der Waals surface area contributed by atoms with Gasteiger partial charge in [0.2, 0.25) is 0 Å². The van der Waals surface area contributed by atoms with Crippen molar-refractivity contribution in [2.45, 2.75) is 0 Å². The molecule has 0 saturated carbocycles. The van der Waals surface area contributed by atoms with Gasteiger partial charge in [-0.3, -0.25) is 9.78 Å². The van der Waals surface area contributed by atoms with Gasteiger partial charge in [-0.2, -0.15) is 0 Å². The lowest BCUT2D eigenvalue weighted by Crippen LogP contribution is -2.13. The Kier molecular flexibility index (Phi) is 3.61. The van der Waals surface area contributed by atoms with Crippen LogP contribution < -0.4 is 5.32 Å². The van der Waals surface area contributed by atoms with Crippen LogP contribution >= 0.6 is 23.2 Å². The Morgan fingerprint density at radius 3 is 2.41 bits per heavy atom. The highest BCUT2D eigenvalue weighted by Crippen LogP contribution is 2.25. The molecule has 0 aliphatic heterocycles. The molecule has 0 unspecified atom stereocenters. The van der Waals surface area contributed by atoms with Crippen molar-refractivity contribution in [3.8, 4) is 0 Å². The largest absolute Gasteiger partial charge is 0.320 e. The number of hydrogen-bond donors (Lipinski definition) is 1. The van der Waals surface area contributed by atoms with E-state index in [1.807, 2.05) is 0 Å². The molecular weight excluding hydrogens is 259 g/mol. The lowest BCUT2D eigenvalue weighted by molar-refractivity contribution is 0.102. The van der Waals surface area contributed by atoms with Crippen LogP contribution in [-0.4, -0.2) is 10.9 Å². The fourth-order valence-electron chi connectivity index (χ4n) is 1.35. The van der Waals surface area contributed by atoms with Gasteiger partial charge in [0.05, 0.1) is 27.5 Å². The van der Waals surface area contributed by atoms with Crippen molar-refractivity contribution in [3.63, 3.8) is 0 Å². The fraction of sp³-hybridized carbons (Fsp3) is 0. The van der Waals surface area contributed by atoms with Crippen molar-refractivity contribution in [1.82, 2.24) is 4.98 Å². The molecule has 1 amide bonds. The van der Waals surface area contributed by atoms with E-state index in [0.29, 0.717) is 15.7 Å². The summed E-state index contributed by atoms with van der Waals surface area (Å²) in [5.74, 6) is -0.353. The summed E-state index contributed by atoms with van der Waals surface area (Å²) >= 11 is 11.9. The van der Waals surface area contributed by atoms with E-state index in [4.69, 9.17) is 23.2 Å². The predicted molar refractivity (Wildman–Crippen MR) is 68.7 cm³/mol. The number of hydrogen-bond acceptors (Lipinski definition) is 2. The standard InChI is InChI=1S/C12H8Cl2N2O/c13-9-4-1-5-10(14)11(9)12(17)16-8-3-2-6-15-7-8/h1-7H,(H,16,17). The van der Waals surface area contributed by atoms with E-state index >= 15 is 0 Å². The van der Waals surface area contributed by atoms with E-state index in [1.165, 1.54) is 0 Å². The molecule has 1 N–H and O–H groups in total. The van der Waals surface area contributed by atoms with E-state index in [-0.39, 0.29) is 11.5 Å². The maximum Gasteiger partial charge on any atom is 0.258 e. The third-order valence-electron chi connectivity index (χ3n) is 2.11. The number of nitrogens with one attached hydrogen (secondary N) is 1. The highest BCUT2D eigenvalue weighted by atomic mass is 35.5. The molecule has 0 fully saturated rings. The van der Waals surface area contributed by atoms with Gasteiger partial charge in [-0.15, -0.1) is 0 Å². The molecule has 0 atom stereocenters. The first kappa shape index (κ1) is 11.9. The van der Waals surface area contributed by atoms with Gasteiger partial charge >= 0.3 is 0 Å². The Hall–Kier alpha value is -1.58. The van der Waals surface area contributed by atoms with Gasteiger partial charge < -0.3 is 5.32 Å². The van der Waals surface area contributed by atoms with E-state index in [9.17, 15) is 4.79 Å². The maximum atomic E-state index is 11.9. The molecule has 3 nitrogen and oxygen atoms in total. The first-order chi connectivity index (χ1) is 8.18. The third kappa shape index (κ3) is 2.75. The van der Waals surface area contributed by atoms with Crippen LogP contribution in [0.15, 0.2) is 42.7 Å². The second kappa shape index (κ2) is 5.17. The molecular formula is C12H8Cl2N2O. The number of carbonyl (C=O) groups excluding carboxylic acids is 1. The minimum Gasteiger partial charge on any atom is -0.320 e. The van der Waals surface area contributed by atoms with Crippen LogP contribution in [-0.2, 0) is 0 Å². The predicted octanol–water partition coefficient (Wildman–Crippen LogP) is 3.64. The third-order valence-corrected chi connectivity index (χ3v) is 2.74. The van der Waals surface area contributed by atoms with Gasteiger partial charge in [0.25, 0.3) is 5.91 Å². The van der Waals surface area contributed by atoms with Crippen molar-refractivity contribution in [2.24, 2.45) is 0 Å². The molecule has 2 aromatic rings. The molecule has 0 bridgehead atoms. The molecule has 1 aromatic heterocycles. The molecule has 0 spiro atoms. The van der Waals surface area contributed by atoms with Gasteiger partial charge in [-0.25, -0.2) is 0 Å². The molecule has 0 aliphatic rings. The van der Waals surface area contributed by atoms with Gasteiger partial charge in [-0.05, 0) is 24.3 Å². The smallest absolute Gasteiger partial charge is 0.258 e. The highest BCUT2D eigenvalue weighted by molar-refractivity contribution is 6.40. The van der Waals surface area contributed by atoms with Crippen molar-refractivity contribution in [3.05, 3.63) is 58.3 Å². The fourth-order valence-corrected chi connectivity index (χ4v) is 1.91. The summed E-state index contributed by atoms with van der Waals surface area (Å²) in [5.41, 5.74) is 0.855. The average Bonchev–Trinajstić information content (AvgIpc) is 2.30. The summed E-state index contributed by atoms with van der Waals surface area (Å²) in [5, 5.41) is 3.31. The van der Waals surface area contributed by atoms with E-state index in [0.717, 1.165) is 0 Å². The van der Waals surface area contributed by atoms with Crippen LogP contribution in [0.4, 0.5) is 5.69 Å². The SMILES string of the molecule is O=C(Nc1cccnc1)c1c(Cl)cccc1Cl. The lowest BCUT2D eigenvalue weighted by atomic mass is 10.2. The molecule has 0 radical (unpaired) electrons. The van der Waals surface area contributed by atoms with Gasteiger partial charge in [-0.1, -0.05) is 29.3 Å². The van der Waals surface area contributed by atoms with E-state index < -0.39 is 0 Å². The van der Waals surface area contributed by atoms with Crippen molar-refractivity contribution in [1.29, 1.82) is 0 Å². The van der Waals surface area contributed by atoms with Crippen LogP contribution in [0.3, 0.4) is 0 Å². The zero-order valence-electron chi connectivity index (χ0n) is 8.65. The van der Waals surface area contributed by atoms with Crippen LogP contribution in [0.25, 0.3) is 0 Å². The number of pyridine rings is 1. The number of aromatic nitrogens is 1. The minimum atomic E-state index is -0.353. The first-order valence-corrected chi connectivity index (χ1v) is 5.59. The highest BCUT2D eigenvalue weighted by Gasteiger charge is 2.14. The summed E-state index contributed by atoms with van der Waals surface area (Å²) in [4.78, 5) is 15.8. The number of anilines is 1. The van der Waals surface area contributed by atoms with E-state index in [1.54, 1.807) is 42.7 Å². The summed E-state index contributed by atoms with van der Waals surface area (Å²) in [6.45, 7) is 0. The maximum absolute atomic E-state index is 11.9.